The summed E-state index contributed by atoms with van der Waals surface area (Å²) in [5.74, 6) is 0.213. The SMILES string of the molecule is COCCN1CC2CN(CC(=O)N3CCOCC3)C(=O)N2C(CC(C)C)C1=O. The lowest BCUT2D eigenvalue weighted by atomic mass is 9.97. The van der Waals surface area contributed by atoms with E-state index in [0.29, 0.717) is 59.0 Å². The summed E-state index contributed by atoms with van der Waals surface area (Å²) in [5.41, 5.74) is 0. The summed E-state index contributed by atoms with van der Waals surface area (Å²) in [6.45, 7) is 8.32. The molecule has 0 spiro atoms. The van der Waals surface area contributed by atoms with E-state index in [1.54, 1.807) is 26.7 Å². The molecule has 0 aliphatic carbocycles. The molecule has 0 aromatic heterocycles. The zero-order chi connectivity index (χ0) is 20.3. The number of urea groups is 1. The molecule has 158 valence electrons. The Kier molecular flexibility index (Phi) is 6.77. The van der Waals surface area contributed by atoms with E-state index in [1.165, 1.54) is 0 Å². The first-order valence-electron chi connectivity index (χ1n) is 10.1. The molecule has 28 heavy (non-hydrogen) atoms. The van der Waals surface area contributed by atoms with Gasteiger partial charge in [0, 0.05) is 39.8 Å². The van der Waals surface area contributed by atoms with Crippen molar-refractivity contribution >= 4 is 17.8 Å². The zero-order valence-corrected chi connectivity index (χ0v) is 17.1. The number of carbonyl (C=O) groups is 3. The summed E-state index contributed by atoms with van der Waals surface area (Å²) in [6, 6.07) is -0.744. The van der Waals surface area contributed by atoms with Crippen LogP contribution in [0.4, 0.5) is 4.79 Å². The largest absolute Gasteiger partial charge is 0.383 e. The number of carbonyl (C=O) groups excluding carboxylic acids is 3. The van der Waals surface area contributed by atoms with E-state index in [9.17, 15) is 14.4 Å². The van der Waals surface area contributed by atoms with Crippen molar-refractivity contribution in [2.75, 3.05) is 66.2 Å². The second-order valence-electron chi connectivity index (χ2n) is 8.14. The van der Waals surface area contributed by atoms with E-state index in [1.807, 2.05) is 0 Å². The molecule has 0 N–H and O–H groups in total. The van der Waals surface area contributed by atoms with Crippen molar-refractivity contribution in [2.24, 2.45) is 5.92 Å². The third-order valence-corrected chi connectivity index (χ3v) is 5.63. The van der Waals surface area contributed by atoms with Crippen molar-refractivity contribution in [2.45, 2.75) is 32.4 Å². The first-order valence-corrected chi connectivity index (χ1v) is 10.1. The summed E-state index contributed by atoms with van der Waals surface area (Å²) >= 11 is 0. The first-order chi connectivity index (χ1) is 13.4. The number of nitrogens with zero attached hydrogens (tertiary/aromatic N) is 4. The highest BCUT2D eigenvalue weighted by Gasteiger charge is 2.49. The molecule has 0 aromatic carbocycles. The summed E-state index contributed by atoms with van der Waals surface area (Å²) in [7, 11) is 1.62. The lowest BCUT2D eigenvalue weighted by molar-refractivity contribution is -0.143. The molecule has 0 bridgehead atoms. The minimum atomic E-state index is -0.466. The third kappa shape index (κ3) is 4.41. The maximum Gasteiger partial charge on any atom is 0.321 e. The second-order valence-corrected chi connectivity index (χ2v) is 8.14. The molecule has 3 rings (SSSR count). The standard InChI is InChI=1S/C19H32N4O5/c1-14(2)10-16-18(25)21(4-7-27-3)11-15-12-22(19(26)23(15)16)13-17(24)20-5-8-28-9-6-20/h14-16H,4-13H2,1-3H3. The van der Waals surface area contributed by atoms with E-state index in [4.69, 9.17) is 9.47 Å². The molecule has 4 amide bonds. The van der Waals surface area contributed by atoms with E-state index in [0.717, 1.165) is 0 Å². The van der Waals surface area contributed by atoms with Gasteiger partial charge in [-0.15, -0.1) is 0 Å². The predicted octanol–water partition coefficient (Wildman–Crippen LogP) is -0.145. The minimum Gasteiger partial charge on any atom is -0.383 e. The Labute approximate surface area is 166 Å². The number of ether oxygens (including phenoxy) is 2. The monoisotopic (exact) mass is 396 g/mol. The first kappa shape index (κ1) is 20.9. The number of hydrogen-bond acceptors (Lipinski definition) is 5. The van der Waals surface area contributed by atoms with Gasteiger partial charge in [0.2, 0.25) is 11.8 Å². The van der Waals surface area contributed by atoms with Crippen LogP contribution in [0.3, 0.4) is 0 Å². The molecule has 3 aliphatic rings. The van der Waals surface area contributed by atoms with Crippen molar-refractivity contribution in [3.63, 3.8) is 0 Å². The second kappa shape index (κ2) is 9.09. The van der Waals surface area contributed by atoms with Gasteiger partial charge in [-0.05, 0) is 12.3 Å². The number of amides is 4. The molecule has 2 atom stereocenters. The van der Waals surface area contributed by atoms with E-state index in [2.05, 4.69) is 13.8 Å². The van der Waals surface area contributed by atoms with E-state index >= 15 is 0 Å². The number of rotatable bonds is 7. The lowest BCUT2D eigenvalue weighted by Gasteiger charge is -2.42. The molecule has 3 aliphatic heterocycles. The molecule has 3 fully saturated rings. The van der Waals surface area contributed by atoms with Gasteiger partial charge in [-0.1, -0.05) is 13.8 Å². The Balaban J connectivity index is 1.71. The predicted molar refractivity (Wildman–Crippen MR) is 102 cm³/mol. The van der Waals surface area contributed by atoms with Gasteiger partial charge in [-0.2, -0.15) is 0 Å². The van der Waals surface area contributed by atoms with E-state index < -0.39 is 6.04 Å². The van der Waals surface area contributed by atoms with Crippen molar-refractivity contribution < 1.29 is 23.9 Å². The van der Waals surface area contributed by atoms with Gasteiger partial charge in [-0.3, -0.25) is 9.59 Å². The Morgan fingerprint density at radius 3 is 2.50 bits per heavy atom. The minimum absolute atomic E-state index is 0.0169. The van der Waals surface area contributed by atoms with Gasteiger partial charge in [0.05, 0.1) is 25.9 Å². The molecule has 0 saturated carbocycles. The van der Waals surface area contributed by atoms with Crippen molar-refractivity contribution in [3.05, 3.63) is 0 Å². The fraction of sp³-hybridized carbons (Fsp3) is 0.842. The summed E-state index contributed by atoms with van der Waals surface area (Å²) in [4.78, 5) is 45.5. The molecular weight excluding hydrogens is 364 g/mol. The van der Waals surface area contributed by atoms with Crippen molar-refractivity contribution in [1.29, 1.82) is 0 Å². The van der Waals surface area contributed by atoms with E-state index in [-0.39, 0.29) is 36.3 Å². The Morgan fingerprint density at radius 2 is 1.86 bits per heavy atom. The van der Waals surface area contributed by atoms with Gasteiger partial charge in [0.1, 0.15) is 12.6 Å². The van der Waals surface area contributed by atoms with Crippen LogP contribution in [0.1, 0.15) is 20.3 Å². The number of methoxy groups -OCH3 is 1. The molecule has 0 aromatic rings. The quantitative estimate of drug-likeness (QED) is 0.598. The van der Waals surface area contributed by atoms with Gasteiger partial charge in [0.25, 0.3) is 0 Å². The van der Waals surface area contributed by atoms with Gasteiger partial charge in [0.15, 0.2) is 0 Å². The van der Waals surface area contributed by atoms with Crippen LogP contribution in [-0.2, 0) is 19.1 Å². The number of hydrogen-bond donors (Lipinski definition) is 0. The van der Waals surface area contributed by atoms with Crippen LogP contribution in [0.2, 0.25) is 0 Å². The smallest absolute Gasteiger partial charge is 0.321 e. The number of morpholine rings is 1. The van der Waals surface area contributed by atoms with Crippen LogP contribution >= 0.6 is 0 Å². The van der Waals surface area contributed by atoms with Crippen LogP contribution in [0.25, 0.3) is 0 Å². The summed E-state index contributed by atoms with van der Waals surface area (Å²) in [6.07, 6.45) is 0.621. The van der Waals surface area contributed by atoms with Crippen LogP contribution in [0.5, 0.6) is 0 Å². The van der Waals surface area contributed by atoms with Crippen LogP contribution in [-0.4, -0.2) is 116 Å². The van der Waals surface area contributed by atoms with Crippen molar-refractivity contribution in [1.82, 2.24) is 19.6 Å². The maximum atomic E-state index is 13.1. The fourth-order valence-corrected chi connectivity index (χ4v) is 4.22. The van der Waals surface area contributed by atoms with Crippen LogP contribution in [0.15, 0.2) is 0 Å². The lowest BCUT2D eigenvalue weighted by Crippen LogP contribution is -2.61. The maximum absolute atomic E-state index is 13.1. The highest BCUT2D eigenvalue weighted by Crippen LogP contribution is 2.29. The van der Waals surface area contributed by atoms with Gasteiger partial charge < -0.3 is 29.1 Å². The number of fused-ring (bicyclic) bond motifs is 1. The van der Waals surface area contributed by atoms with Crippen LogP contribution in [0, 0.1) is 5.92 Å². The molecule has 0 radical (unpaired) electrons. The molecular formula is C19H32N4O5. The normalized spacial score (nSPS) is 25.7. The average Bonchev–Trinajstić information content (AvgIpc) is 2.98. The zero-order valence-electron chi connectivity index (χ0n) is 17.1. The molecule has 2 unspecified atom stereocenters. The highest BCUT2D eigenvalue weighted by molar-refractivity contribution is 5.92. The van der Waals surface area contributed by atoms with Gasteiger partial charge >= 0.3 is 6.03 Å². The Bertz CT molecular complexity index is 593. The van der Waals surface area contributed by atoms with Gasteiger partial charge in [-0.25, -0.2) is 4.79 Å². The topological polar surface area (TPSA) is 82.6 Å². The highest BCUT2D eigenvalue weighted by atomic mass is 16.5. The number of piperazine rings is 1. The van der Waals surface area contributed by atoms with Crippen molar-refractivity contribution in [3.8, 4) is 0 Å². The Morgan fingerprint density at radius 1 is 1.18 bits per heavy atom. The summed E-state index contributed by atoms with van der Waals surface area (Å²) < 4.78 is 10.4. The average molecular weight is 396 g/mol. The molecule has 3 heterocycles. The fourth-order valence-electron chi connectivity index (χ4n) is 4.22. The third-order valence-electron chi connectivity index (χ3n) is 5.63. The van der Waals surface area contributed by atoms with Crippen LogP contribution < -0.4 is 0 Å². The molecule has 3 saturated heterocycles. The summed E-state index contributed by atoms with van der Waals surface area (Å²) in [5, 5.41) is 0. The Hall–Kier alpha value is -1.87. The molecule has 9 heteroatoms. The molecule has 9 nitrogen and oxygen atoms in total.